The highest BCUT2D eigenvalue weighted by Crippen LogP contribution is 2.19. The molecule has 2 aromatic rings. The fraction of sp³-hybridized carbons (Fsp3) is 0.556. The van der Waals surface area contributed by atoms with Crippen LogP contribution in [0.2, 0.25) is 0 Å². The normalized spacial score (nSPS) is 11.6. The SMILES string of the molecule is CCN(CC(C)(C)O)C(=O)CCc1c(C)nc2c(C#N)cnn2c1C. The molecule has 2 rings (SSSR count). The zero-order valence-corrected chi connectivity index (χ0v) is 15.5. The number of likely N-dealkylation sites (N-methyl/N-ethyl adjacent to an activating group) is 1. The number of aryl methyl sites for hydroxylation is 2. The molecular formula is C18H25N5O2. The maximum Gasteiger partial charge on any atom is 0.222 e. The molecule has 0 saturated heterocycles. The fourth-order valence-corrected chi connectivity index (χ4v) is 2.99. The van der Waals surface area contributed by atoms with Crippen molar-refractivity contribution in [3.63, 3.8) is 0 Å². The van der Waals surface area contributed by atoms with E-state index in [0.29, 0.717) is 37.1 Å². The average molecular weight is 343 g/mol. The zero-order valence-electron chi connectivity index (χ0n) is 15.5. The van der Waals surface area contributed by atoms with Crippen LogP contribution in [0.3, 0.4) is 0 Å². The van der Waals surface area contributed by atoms with Gasteiger partial charge in [-0.15, -0.1) is 0 Å². The number of fused-ring (bicyclic) bond motifs is 1. The molecule has 0 saturated carbocycles. The minimum absolute atomic E-state index is 0.00158. The number of nitriles is 1. The van der Waals surface area contributed by atoms with Crippen molar-refractivity contribution in [2.45, 2.75) is 53.1 Å². The molecule has 0 fully saturated rings. The highest BCUT2D eigenvalue weighted by Gasteiger charge is 2.22. The second kappa shape index (κ2) is 7.19. The van der Waals surface area contributed by atoms with Crippen LogP contribution in [0.15, 0.2) is 6.20 Å². The molecule has 134 valence electrons. The molecule has 0 aliphatic heterocycles. The molecule has 1 amide bonds. The third kappa shape index (κ3) is 4.15. The summed E-state index contributed by atoms with van der Waals surface area (Å²) >= 11 is 0. The standard InChI is InChI=1S/C18H25N5O2/c1-6-22(11-18(4,5)25)16(24)8-7-15-12(2)21-17-14(9-19)10-20-23(17)13(15)3/h10,25H,6-8,11H2,1-5H3. The number of hydrogen-bond acceptors (Lipinski definition) is 5. The molecule has 0 radical (unpaired) electrons. The summed E-state index contributed by atoms with van der Waals surface area (Å²) in [5.41, 5.74) is 2.73. The summed E-state index contributed by atoms with van der Waals surface area (Å²) in [5, 5.41) is 23.3. The van der Waals surface area contributed by atoms with Crippen LogP contribution in [0.25, 0.3) is 5.65 Å². The van der Waals surface area contributed by atoms with Crippen molar-refractivity contribution in [2.75, 3.05) is 13.1 Å². The van der Waals surface area contributed by atoms with Gasteiger partial charge in [0.25, 0.3) is 0 Å². The Hall–Kier alpha value is -2.46. The Balaban J connectivity index is 2.21. The maximum absolute atomic E-state index is 12.5. The van der Waals surface area contributed by atoms with Crippen molar-refractivity contribution in [3.8, 4) is 6.07 Å². The molecule has 25 heavy (non-hydrogen) atoms. The Bertz CT molecular complexity index is 827. The second-order valence-corrected chi connectivity index (χ2v) is 6.89. The minimum atomic E-state index is -0.916. The molecule has 2 aromatic heterocycles. The van der Waals surface area contributed by atoms with E-state index < -0.39 is 5.60 Å². The van der Waals surface area contributed by atoms with Gasteiger partial charge in [-0.25, -0.2) is 9.50 Å². The van der Waals surface area contributed by atoms with Crippen LogP contribution in [0, 0.1) is 25.2 Å². The Morgan fingerprint density at radius 3 is 2.68 bits per heavy atom. The van der Waals surface area contributed by atoms with Gasteiger partial charge in [0.2, 0.25) is 5.91 Å². The summed E-state index contributed by atoms with van der Waals surface area (Å²) in [6, 6.07) is 2.09. The van der Waals surface area contributed by atoms with Crippen molar-refractivity contribution in [3.05, 3.63) is 28.7 Å². The van der Waals surface area contributed by atoms with Gasteiger partial charge in [-0.3, -0.25) is 4.79 Å². The smallest absolute Gasteiger partial charge is 0.222 e. The predicted octanol–water partition coefficient (Wildman–Crippen LogP) is 1.77. The van der Waals surface area contributed by atoms with E-state index in [1.54, 1.807) is 23.3 Å². The first-order valence-electron chi connectivity index (χ1n) is 8.42. The molecule has 0 spiro atoms. The Labute approximate surface area is 147 Å². The number of rotatable bonds is 6. The van der Waals surface area contributed by atoms with Crippen molar-refractivity contribution < 1.29 is 9.90 Å². The van der Waals surface area contributed by atoms with E-state index in [4.69, 9.17) is 5.26 Å². The summed E-state index contributed by atoms with van der Waals surface area (Å²) in [5.74, 6) is 0.00158. The van der Waals surface area contributed by atoms with Gasteiger partial charge in [0, 0.05) is 30.9 Å². The Morgan fingerprint density at radius 2 is 2.12 bits per heavy atom. The average Bonchev–Trinajstić information content (AvgIpc) is 2.94. The van der Waals surface area contributed by atoms with Gasteiger partial charge in [-0.2, -0.15) is 10.4 Å². The molecule has 0 unspecified atom stereocenters. The number of aliphatic hydroxyl groups is 1. The number of nitrogens with zero attached hydrogens (tertiary/aromatic N) is 5. The van der Waals surface area contributed by atoms with Crippen molar-refractivity contribution in [1.29, 1.82) is 5.26 Å². The van der Waals surface area contributed by atoms with E-state index in [9.17, 15) is 9.90 Å². The Morgan fingerprint density at radius 1 is 1.44 bits per heavy atom. The summed E-state index contributed by atoms with van der Waals surface area (Å²) in [6.07, 6.45) is 2.39. The van der Waals surface area contributed by atoms with Gasteiger partial charge in [0.1, 0.15) is 11.6 Å². The molecule has 0 bridgehead atoms. The molecule has 0 atom stereocenters. The highest BCUT2D eigenvalue weighted by molar-refractivity contribution is 5.76. The number of carbonyl (C=O) groups is 1. The largest absolute Gasteiger partial charge is 0.389 e. The highest BCUT2D eigenvalue weighted by atomic mass is 16.3. The van der Waals surface area contributed by atoms with Gasteiger partial charge >= 0.3 is 0 Å². The first kappa shape index (κ1) is 18.9. The summed E-state index contributed by atoms with van der Waals surface area (Å²) in [4.78, 5) is 18.6. The van der Waals surface area contributed by atoms with Crippen LogP contribution in [-0.2, 0) is 11.2 Å². The Kier molecular flexibility index (Phi) is 5.43. The van der Waals surface area contributed by atoms with Gasteiger partial charge in [0.15, 0.2) is 5.65 Å². The van der Waals surface area contributed by atoms with E-state index in [2.05, 4.69) is 16.2 Å². The van der Waals surface area contributed by atoms with Crippen LogP contribution in [0.5, 0.6) is 0 Å². The van der Waals surface area contributed by atoms with E-state index in [-0.39, 0.29) is 5.91 Å². The lowest BCUT2D eigenvalue weighted by molar-refractivity contribution is -0.133. The molecule has 1 N–H and O–H groups in total. The number of hydrogen-bond donors (Lipinski definition) is 1. The maximum atomic E-state index is 12.5. The van der Waals surface area contributed by atoms with Crippen LogP contribution < -0.4 is 0 Å². The fourth-order valence-electron chi connectivity index (χ4n) is 2.99. The molecule has 2 heterocycles. The number of amides is 1. The van der Waals surface area contributed by atoms with Gasteiger partial charge < -0.3 is 10.0 Å². The van der Waals surface area contributed by atoms with Crippen LogP contribution >= 0.6 is 0 Å². The van der Waals surface area contributed by atoms with E-state index in [1.807, 2.05) is 20.8 Å². The summed E-state index contributed by atoms with van der Waals surface area (Å²) in [6.45, 7) is 9.96. The first-order valence-corrected chi connectivity index (χ1v) is 8.42. The third-order valence-electron chi connectivity index (χ3n) is 4.23. The van der Waals surface area contributed by atoms with E-state index >= 15 is 0 Å². The van der Waals surface area contributed by atoms with E-state index in [1.165, 1.54) is 6.20 Å². The quantitative estimate of drug-likeness (QED) is 0.862. The van der Waals surface area contributed by atoms with Crippen LogP contribution in [-0.4, -0.2) is 49.2 Å². The molecule has 7 heteroatoms. The first-order chi connectivity index (χ1) is 11.7. The molecular weight excluding hydrogens is 318 g/mol. The minimum Gasteiger partial charge on any atom is -0.389 e. The number of aromatic nitrogens is 3. The second-order valence-electron chi connectivity index (χ2n) is 6.89. The van der Waals surface area contributed by atoms with Gasteiger partial charge in [-0.1, -0.05) is 0 Å². The summed E-state index contributed by atoms with van der Waals surface area (Å²) < 4.78 is 1.65. The van der Waals surface area contributed by atoms with Crippen molar-refractivity contribution in [1.82, 2.24) is 19.5 Å². The lowest BCUT2D eigenvalue weighted by atomic mass is 10.0. The zero-order chi connectivity index (χ0) is 18.8. The molecule has 0 aliphatic carbocycles. The number of carbonyl (C=O) groups excluding carboxylic acids is 1. The summed E-state index contributed by atoms with van der Waals surface area (Å²) in [7, 11) is 0. The van der Waals surface area contributed by atoms with Gasteiger partial charge in [-0.05, 0) is 46.6 Å². The lowest BCUT2D eigenvalue weighted by Gasteiger charge is -2.28. The van der Waals surface area contributed by atoms with Gasteiger partial charge in [0.05, 0.1) is 11.8 Å². The predicted molar refractivity (Wildman–Crippen MR) is 94.0 cm³/mol. The van der Waals surface area contributed by atoms with Crippen molar-refractivity contribution in [2.24, 2.45) is 0 Å². The topological polar surface area (TPSA) is 94.5 Å². The molecule has 0 aromatic carbocycles. The van der Waals surface area contributed by atoms with Crippen LogP contribution in [0.4, 0.5) is 0 Å². The van der Waals surface area contributed by atoms with E-state index in [0.717, 1.165) is 17.0 Å². The molecule has 0 aliphatic rings. The van der Waals surface area contributed by atoms with Crippen molar-refractivity contribution >= 4 is 11.6 Å². The third-order valence-corrected chi connectivity index (χ3v) is 4.23. The lowest BCUT2D eigenvalue weighted by Crippen LogP contribution is -2.42. The monoisotopic (exact) mass is 343 g/mol. The van der Waals surface area contributed by atoms with Crippen LogP contribution in [0.1, 0.15) is 49.7 Å². The molecule has 7 nitrogen and oxygen atoms in total.